The van der Waals surface area contributed by atoms with Crippen LogP contribution in [0.2, 0.25) is 0 Å². The Balaban J connectivity index is 4.32. The highest BCUT2D eigenvalue weighted by atomic mass is 32.2. The Labute approximate surface area is 72.7 Å². The van der Waals surface area contributed by atoms with Gasteiger partial charge >= 0.3 is 0 Å². The molecule has 2 nitrogen and oxygen atoms in total. The van der Waals surface area contributed by atoms with Gasteiger partial charge in [-0.15, -0.1) is 11.8 Å². The van der Waals surface area contributed by atoms with Crippen molar-refractivity contribution >= 4 is 17.5 Å². The molecule has 0 fully saturated rings. The van der Waals surface area contributed by atoms with Gasteiger partial charge in [-0.3, -0.25) is 4.79 Å². The van der Waals surface area contributed by atoms with Gasteiger partial charge in [-0.1, -0.05) is 13.8 Å². The van der Waals surface area contributed by atoms with Crippen molar-refractivity contribution < 1.29 is 9.53 Å². The van der Waals surface area contributed by atoms with E-state index >= 15 is 0 Å². The quantitative estimate of drug-likeness (QED) is 0.600. The largest absolute Gasteiger partial charge is 0.360 e. The Bertz CT molecular complexity index is 130. The van der Waals surface area contributed by atoms with Gasteiger partial charge in [-0.25, -0.2) is 0 Å². The molecule has 1 unspecified atom stereocenters. The summed E-state index contributed by atoms with van der Waals surface area (Å²) in [5, 5.41) is 0. The number of carbonyl (C=O) groups excluding carboxylic acids is 1. The molecule has 0 amide bonds. The molecule has 0 aromatic heterocycles. The molecule has 0 aliphatic heterocycles. The first kappa shape index (κ1) is 11.0. The lowest BCUT2D eigenvalue weighted by molar-refractivity contribution is -0.129. The summed E-state index contributed by atoms with van der Waals surface area (Å²) >= 11 is 1.56. The van der Waals surface area contributed by atoms with Gasteiger partial charge in [0.2, 0.25) is 0 Å². The van der Waals surface area contributed by atoms with Crippen LogP contribution < -0.4 is 0 Å². The second kappa shape index (κ2) is 4.78. The third-order valence-electron chi connectivity index (χ3n) is 1.71. The van der Waals surface area contributed by atoms with Crippen LogP contribution in [0, 0.1) is 0 Å². The zero-order valence-corrected chi connectivity index (χ0v) is 8.46. The molecule has 0 rings (SSSR count). The van der Waals surface area contributed by atoms with Crippen LogP contribution >= 0.6 is 11.8 Å². The van der Waals surface area contributed by atoms with Gasteiger partial charge in [0.1, 0.15) is 0 Å². The number of thioether (sulfide) groups is 1. The van der Waals surface area contributed by atoms with E-state index in [9.17, 15) is 4.79 Å². The van der Waals surface area contributed by atoms with Crippen molar-refractivity contribution in [2.24, 2.45) is 0 Å². The average molecular weight is 176 g/mol. The molecule has 0 aliphatic carbocycles. The third kappa shape index (κ3) is 2.49. The summed E-state index contributed by atoms with van der Waals surface area (Å²) in [6, 6.07) is 0. The number of hydrogen-bond acceptors (Lipinski definition) is 3. The van der Waals surface area contributed by atoms with Crippen LogP contribution in [0.3, 0.4) is 0 Å². The standard InChI is InChI=1S/C8H16O2S/c1-5-8(10-4,7(3)9)11-6-2/h5-6H2,1-4H3. The Kier molecular flexibility index (Phi) is 4.77. The smallest absolute Gasteiger partial charge is 0.171 e. The van der Waals surface area contributed by atoms with E-state index in [0.29, 0.717) is 0 Å². The highest BCUT2D eigenvalue weighted by Crippen LogP contribution is 2.30. The van der Waals surface area contributed by atoms with Crippen LogP contribution in [0.4, 0.5) is 0 Å². The van der Waals surface area contributed by atoms with Crippen molar-refractivity contribution in [2.45, 2.75) is 32.1 Å². The fourth-order valence-corrected chi connectivity index (χ4v) is 2.02. The van der Waals surface area contributed by atoms with Crippen molar-refractivity contribution in [3.05, 3.63) is 0 Å². The van der Waals surface area contributed by atoms with Crippen LogP contribution in [0.15, 0.2) is 0 Å². The molecule has 0 aliphatic rings. The van der Waals surface area contributed by atoms with Gasteiger partial charge in [0.15, 0.2) is 10.7 Å². The Morgan fingerprint density at radius 2 is 2.09 bits per heavy atom. The molecule has 1 atom stereocenters. The predicted octanol–water partition coefficient (Wildman–Crippen LogP) is 2.08. The molecular weight excluding hydrogens is 160 g/mol. The summed E-state index contributed by atoms with van der Waals surface area (Å²) < 4.78 is 5.20. The molecule has 0 aromatic carbocycles. The summed E-state index contributed by atoms with van der Waals surface area (Å²) in [6.45, 7) is 5.57. The molecule has 66 valence electrons. The van der Waals surface area contributed by atoms with Gasteiger partial charge in [-0.05, 0) is 19.1 Å². The van der Waals surface area contributed by atoms with E-state index in [-0.39, 0.29) is 5.78 Å². The number of rotatable bonds is 5. The van der Waals surface area contributed by atoms with Gasteiger partial charge in [-0.2, -0.15) is 0 Å². The zero-order chi connectivity index (χ0) is 8.91. The minimum atomic E-state index is -0.589. The fourth-order valence-electron chi connectivity index (χ4n) is 1.03. The van der Waals surface area contributed by atoms with Crippen LogP contribution in [0.1, 0.15) is 27.2 Å². The molecule has 11 heavy (non-hydrogen) atoms. The number of ketones is 1. The second-order valence-corrected chi connectivity index (χ2v) is 3.83. The van der Waals surface area contributed by atoms with E-state index in [2.05, 4.69) is 0 Å². The fraction of sp³-hybridized carbons (Fsp3) is 0.875. The average Bonchev–Trinajstić information content (AvgIpc) is 2.00. The number of hydrogen-bond donors (Lipinski definition) is 0. The lowest BCUT2D eigenvalue weighted by atomic mass is 10.2. The number of carbonyl (C=O) groups is 1. The van der Waals surface area contributed by atoms with Gasteiger partial charge in [0, 0.05) is 7.11 Å². The molecule has 0 heterocycles. The Morgan fingerprint density at radius 1 is 1.55 bits per heavy atom. The number of Topliss-reactive ketones (excluding diaryl/α,β-unsaturated/α-hetero) is 1. The number of ether oxygens (including phenoxy) is 1. The minimum Gasteiger partial charge on any atom is -0.360 e. The molecule has 0 N–H and O–H groups in total. The van der Waals surface area contributed by atoms with Crippen molar-refractivity contribution in [3.8, 4) is 0 Å². The summed E-state index contributed by atoms with van der Waals surface area (Å²) in [5.41, 5.74) is 0. The van der Waals surface area contributed by atoms with Crippen molar-refractivity contribution in [2.75, 3.05) is 12.9 Å². The highest BCUT2D eigenvalue weighted by Gasteiger charge is 2.32. The molecule has 0 radical (unpaired) electrons. The van der Waals surface area contributed by atoms with Crippen LogP contribution in [-0.4, -0.2) is 23.6 Å². The van der Waals surface area contributed by atoms with Gasteiger partial charge in [0.25, 0.3) is 0 Å². The lowest BCUT2D eigenvalue weighted by Crippen LogP contribution is -2.34. The van der Waals surface area contributed by atoms with E-state index in [1.807, 2.05) is 13.8 Å². The molecular formula is C8H16O2S. The molecule has 0 saturated heterocycles. The first-order chi connectivity index (χ1) is 5.13. The van der Waals surface area contributed by atoms with E-state index in [0.717, 1.165) is 12.2 Å². The van der Waals surface area contributed by atoms with Crippen molar-refractivity contribution in [1.29, 1.82) is 0 Å². The topological polar surface area (TPSA) is 26.3 Å². The summed E-state index contributed by atoms with van der Waals surface area (Å²) in [6.07, 6.45) is 0.733. The van der Waals surface area contributed by atoms with Crippen LogP contribution in [-0.2, 0) is 9.53 Å². The molecule has 0 aromatic rings. The Hall–Kier alpha value is -0.0200. The monoisotopic (exact) mass is 176 g/mol. The zero-order valence-electron chi connectivity index (χ0n) is 7.64. The maximum atomic E-state index is 11.2. The highest BCUT2D eigenvalue weighted by molar-refractivity contribution is 8.01. The molecule has 0 spiro atoms. The van der Waals surface area contributed by atoms with Gasteiger partial charge < -0.3 is 4.74 Å². The van der Waals surface area contributed by atoms with Crippen molar-refractivity contribution in [1.82, 2.24) is 0 Å². The molecule has 0 saturated carbocycles. The van der Waals surface area contributed by atoms with Crippen LogP contribution in [0.5, 0.6) is 0 Å². The summed E-state index contributed by atoms with van der Waals surface area (Å²) in [7, 11) is 1.59. The normalized spacial score (nSPS) is 16.0. The maximum Gasteiger partial charge on any atom is 0.171 e. The Morgan fingerprint density at radius 3 is 2.18 bits per heavy atom. The van der Waals surface area contributed by atoms with E-state index in [4.69, 9.17) is 4.74 Å². The maximum absolute atomic E-state index is 11.2. The van der Waals surface area contributed by atoms with E-state index in [1.165, 1.54) is 0 Å². The number of methoxy groups -OCH3 is 1. The molecule has 0 bridgehead atoms. The SMILES string of the molecule is CCSC(CC)(OC)C(C)=O. The van der Waals surface area contributed by atoms with E-state index in [1.54, 1.807) is 25.8 Å². The van der Waals surface area contributed by atoms with Crippen molar-refractivity contribution in [3.63, 3.8) is 0 Å². The first-order valence-electron chi connectivity index (χ1n) is 3.83. The molecule has 3 heteroatoms. The van der Waals surface area contributed by atoms with E-state index < -0.39 is 4.93 Å². The first-order valence-corrected chi connectivity index (χ1v) is 4.81. The van der Waals surface area contributed by atoms with Gasteiger partial charge in [0.05, 0.1) is 0 Å². The second-order valence-electron chi connectivity index (χ2n) is 2.30. The minimum absolute atomic E-state index is 0.106. The summed E-state index contributed by atoms with van der Waals surface area (Å²) in [4.78, 5) is 10.6. The van der Waals surface area contributed by atoms with Crippen LogP contribution in [0.25, 0.3) is 0 Å². The predicted molar refractivity (Wildman–Crippen MR) is 48.8 cm³/mol. The summed E-state index contributed by atoms with van der Waals surface area (Å²) in [5.74, 6) is 1.01. The lowest BCUT2D eigenvalue weighted by Gasteiger charge is -2.26. The third-order valence-corrected chi connectivity index (χ3v) is 3.21.